The van der Waals surface area contributed by atoms with Gasteiger partial charge in [-0.1, -0.05) is 44.2 Å². The molecule has 0 saturated heterocycles. The predicted octanol–water partition coefficient (Wildman–Crippen LogP) is 4.30. The fourth-order valence-electron chi connectivity index (χ4n) is 4.32. The number of carbonyl (C=O) groups excluding carboxylic acids is 1. The van der Waals surface area contributed by atoms with Gasteiger partial charge >= 0.3 is 0 Å². The molecule has 1 atom stereocenters. The zero-order valence-electron chi connectivity index (χ0n) is 16.2. The van der Waals surface area contributed by atoms with Crippen molar-refractivity contribution in [2.75, 3.05) is 7.11 Å². The summed E-state index contributed by atoms with van der Waals surface area (Å²) in [5, 5.41) is 11.8. The number of ether oxygens (including phenoxy) is 2. The first-order valence-electron chi connectivity index (χ1n) is 9.26. The molecule has 0 spiro atoms. The maximum atomic E-state index is 13.2. The monoisotopic (exact) mass is 374 g/mol. The van der Waals surface area contributed by atoms with E-state index in [4.69, 9.17) is 15.2 Å². The van der Waals surface area contributed by atoms with Gasteiger partial charge in [0.1, 0.15) is 23.2 Å². The van der Waals surface area contributed by atoms with Gasteiger partial charge in [-0.15, -0.1) is 0 Å². The molecule has 0 amide bonds. The van der Waals surface area contributed by atoms with Crippen LogP contribution >= 0.6 is 0 Å². The fourth-order valence-corrected chi connectivity index (χ4v) is 4.32. The Morgan fingerprint density at radius 1 is 1.21 bits per heavy atom. The van der Waals surface area contributed by atoms with Crippen LogP contribution in [0.25, 0.3) is 10.8 Å². The Kier molecular flexibility index (Phi) is 4.15. The number of allylic oxidation sites excluding steroid dienone is 3. The van der Waals surface area contributed by atoms with Crippen molar-refractivity contribution in [1.82, 2.24) is 0 Å². The van der Waals surface area contributed by atoms with Crippen molar-refractivity contribution in [2.45, 2.75) is 32.6 Å². The number of ketones is 1. The molecule has 1 aliphatic carbocycles. The van der Waals surface area contributed by atoms with Crippen LogP contribution in [0.3, 0.4) is 0 Å². The minimum absolute atomic E-state index is 0.00788. The second-order valence-electron chi connectivity index (χ2n) is 8.11. The Labute approximate surface area is 164 Å². The minimum atomic E-state index is -0.599. The maximum Gasteiger partial charge on any atom is 0.205 e. The lowest BCUT2D eigenvalue weighted by Crippen LogP contribution is -2.33. The topological polar surface area (TPSA) is 85.3 Å². The summed E-state index contributed by atoms with van der Waals surface area (Å²) in [5.74, 6) is 0.644. The molecule has 142 valence electrons. The molecule has 1 heterocycles. The number of Topliss-reactive ketones (excluding diaryl/α,β-unsaturated/α-hetero) is 1. The van der Waals surface area contributed by atoms with Crippen LogP contribution in [0.4, 0.5) is 0 Å². The van der Waals surface area contributed by atoms with Crippen LogP contribution < -0.4 is 10.5 Å². The Hall–Kier alpha value is -3.26. The SMILES string of the molecule is COc1ccc2ccccc2c1C1C(C#N)=C(N)OC2=C1C(=O)CC(C)(C)C2. The third-order valence-corrected chi connectivity index (χ3v) is 5.51. The number of nitrogens with two attached hydrogens (primary N) is 1. The van der Waals surface area contributed by atoms with Gasteiger partial charge in [0.25, 0.3) is 0 Å². The molecule has 2 aromatic rings. The van der Waals surface area contributed by atoms with Crippen molar-refractivity contribution in [3.05, 3.63) is 64.8 Å². The van der Waals surface area contributed by atoms with Gasteiger partial charge in [-0.3, -0.25) is 4.79 Å². The molecule has 1 unspecified atom stereocenters. The third-order valence-electron chi connectivity index (χ3n) is 5.51. The van der Waals surface area contributed by atoms with Gasteiger partial charge in [0.05, 0.1) is 13.0 Å². The summed E-state index contributed by atoms with van der Waals surface area (Å²) >= 11 is 0. The third kappa shape index (κ3) is 2.73. The van der Waals surface area contributed by atoms with Crippen molar-refractivity contribution in [1.29, 1.82) is 5.26 Å². The van der Waals surface area contributed by atoms with Crippen LogP contribution in [0.1, 0.15) is 38.2 Å². The molecule has 4 rings (SSSR count). The molecule has 0 radical (unpaired) electrons. The van der Waals surface area contributed by atoms with Crippen LogP contribution in [0.2, 0.25) is 0 Å². The minimum Gasteiger partial charge on any atom is -0.496 e. The average molecular weight is 374 g/mol. The zero-order valence-corrected chi connectivity index (χ0v) is 16.2. The number of hydrogen-bond acceptors (Lipinski definition) is 5. The van der Waals surface area contributed by atoms with Gasteiger partial charge in [0, 0.05) is 24.0 Å². The number of benzene rings is 2. The molecular formula is C23H22N2O3. The number of nitrogens with zero attached hydrogens (tertiary/aromatic N) is 1. The molecule has 2 aromatic carbocycles. The summed E-state index contributed by atoms with van der Waals surface area (Å²) in [7, 11) is 1.59. The van der Waals surface area contributed by atoms with E-state index in [0.29, 0.717) is 29.9 Å². The van der Waals surface area contributed by atoms with Crippen molar-refractivity contribution < 1.29 is 14.3 Å². The summed E-state index contributed by atoms with van der Waals surface area (Å²) in [5.41, 5.74) is 7.49. The summed E-state index contributed by atoms with van der Waals surface area (Å²) in [4.78, 5) is 13.2. The van der Waals surface area contributed by atoms with E-state index < -0.39 is 5.92 Å². The average Bonchev–Trinajstić information content (AvgIpc) is 2.65. The standard InChI is InChI=1S/C23H22N2O3/c1-23(2)10-16(26)21-18(11-23)28-22(25)15(12-24)20(21)19-14-7-5-4-6-13(14)8-9-17(19)27-3/h4-9,20H,10-11,25H2,1-3H3. The largest absolute Gasteiger partial charge is 0.496 e. The fraction of sp³-hybridized carbons (Fsp3) is 0.304. The highest BCUT2D eigenvalue weighted by Gasteiger charge is 2.44. The lowest BCUT2D eigenvalue weighted by Gasteiger charge is -2.37. The van der Waals surface area contributed by atoms with E-state index in [1.807, 2.05) is 50.2 Å². The highest BCUT2D eigenvalue weighted by atomic mass is 16.5. The normalized spacial score (nSPS) is 21.2. The Bertz CT molecular complexity index is 1100. The quantitative estimate of drug-likeness (QED) is 0.847. The van der Waals surface area contributed by atoms with Crippen LogP contribution in [0.5, 0.6) is 5.75 Å². The Balaban J connectivity index is 2.05. The molecule has 2 N–H and O–H groups in total. The van der Waals surface area contributed by atoms with Gasteiger partial charge in [-0.25, -0.2) is 0 Å². The number of hydrogen-bond donors (Lipinski definition) is 1. The maximum absolute atomic E-state index is 13.2. The number of carbonyl (C=O) groups is 1. The van der Waals surface area contributed by atoms with Gasteiger partial charge in [0.15, 0.2) is 5.78 Å². The summed E-state index contributed by atoms with van der Waals surface area (Å²) in [6, 6.07) is 13.9. The number of methoxy groups -OCH3 is 1. The van der Waals surface area contributed by atoms with E-state index in [1.165, 1.54) is 0 Å². The zero-order chi connectivity index (χ0) is 20.1. The van der Waals surface area contributed by atoms with Gasteiger partial charge < -0.3 is 15.2 Å². The van der Waals surface area contributed by atoms with E-state index in [1.54, 1.807) is 7.11 Å². The van der Waals surface area contributed by atoms with Gasteiger partial charge in [-0.05, 0) is 22.3 Å². The summed E-state index contributed by atoms with van der Waals surface area (Å²) < 4.78 is 11.4. The molecule has 0 fully saturated rings. The Morgan fingerprint density at radius 2 is 1.96 bits per heavy atom. The molecule has 5 heteroatoms. The van der Waals surface area contributed by atoms with Crippen LogP contribution in [-0.4, -0.2) is 12.9 Å². The van der Waals surface area contributed by atoms with Crippen molar-refractivity contribution in [2.24, 2.45) is 11.1 Å². The molecule has 0 aromatic heterocycles. The van der Waals surface area contributed by atoms with E-state index in [0.717, 1.165) is 16.3 Å². The first-order chi connectivity index (χ1) is 13.4. The van der Waals surface area contributed by atoms with Crippen LogP contribution in [-0.2, 0) is 9.53 Å². The first kappa shape index (κ1) is 18.1. The molecule has 2 aliphatic rings. The van der Waals surface area contributed by atoms with E-state index >= 15 is 0 Å². The smallest absolute Gasteiger partial charge is 0.205 e. The molecule has 0 saturated carbocycles. The highest BCUT2D eigenvalue weighted by Crippen LogP contribution is 2.50. The molecule has 1 aliphatic heterocycles. The van der Waals surface area contributed by atoms with Crippen molar-refractivity contribution >= 4 is 16.6 Å². The predicted molar refractivity (Wildman–Crippen MR) is 106 cm³/mol. The van der Waals surface area contributed by atoms with E-state index in [-0.39, 0.29) is 22.7 Å². The second kappa shape index (κ2) is 6.42. The highest BCUT2D eigenvalue weighted by molar-refractivity contribution is 6.02. The van der Waals surface area contributed by atoms with Crippen molar-refractivity contribution in [3.63, 3.8) is 0 Å². The van der Waals surface area contributed by atoms with Crippen LogP contribution in [0.15, 0.2) is 59.2 Å². The summed E-state index contributed by atoms with van der Waals surface area (Å²) in [6.07, 6.45) is 0.994. The lowest BCUT2D eigenvalue weighted by atomic mass is 9.69. The van der Waals surface area contributed by atoms with E-state index in [9.17, 15) is 10.1 Å². The summed E-state index contributed by atoms with van der Waals surface area (Å²) in [6.45, 7) is 4.07. The van der Waals surface area contributed by atoms with Crippen LogP contribution in [0, 0.1) is 16.7 Å². The van der Waals surface area contributed by atoms with Gasteiger partial charge in [0.2, 0.25) is 5.88 Å². The molecule has 28 heavy (non-hydrogen) atoms. The number of rotatable bonds is 2. The lowest BCUT2D eigenvalue weighted by molar-refractivity contribution is -0.119. The number of nitriles is 1. The second-order valence-corrected chi connectivity index (χ2v) is 8.11. The van der Waals surface area contributed by atoms with Gasteiger partial charge in [-0.2, -0.15) is 5.26 Å². The molecular weight excluding hydrogens is 352 g/mol. The molecule has 0 bridgehead atoms. The van der Waals surface area contributed by atoms with E-state index in [2.05, 4.69) is 6.07 Å². The van der Waals surface area contributed by atoms with Crippen molar-refractivity contribution in [3.8, 4) is 11.8 Å². The Morgan fingerprint density at radius 3 is 2.68 bits per heavy atom. The molecule has 5 nitrogen and oxygen atoms in total. The number of fused-ring (bicyclic) bond motifs is 1. The first-order valence-corrected chi connectivity index (χ1v) is 9.26.